The molecule has 0 bridgehead atoms. The van der Waals surface area contributed by atoms with E-state index in [4.69, 9.17) is 0 Å². The van der Waals surface area contributed by atoms with Crippen LogP contribution in [-0.2, 0) is 14.8 Å². The van der Waals surface area contributed by atoms with Gasteiger partial charge in [0.1, 0.15) is 11.6 Å². The van der Waals surface area contributed by atoms with Crippen molar-refractivity contribution in [2.24, 2.45) is 0 Å². The number of nitrogens with one attached hydrogen (secondary N) is 1. The van der Waals surface area contributed by atoms with E-state index in [1.165, 1.54) is 36.4 Å². The molecule has 0 fully saturated rings. The predicted molar refractivity (Wildman–Crippen MR) is 88.2 cm³/mol. The first-order chi connectivity index (χ1) is 11.3. The van der Waals surface area contributed by atoms with E-state index >= 15 is 0 Å². The second kappa shape index (κ2) is 7.39. The highest BCUT2D eigenvalue weighted by molar-refractivity contribution is 7.92. The normalized spacial score (nSPS) is 11.1. The number of nitrogens with zero attached hydrogens (tertiary/aromatic N) is 1. The maximum atomic E-state index is 13.0. The molecule has 2 aromatic rings. The lowest BCUT2D eigenvalue weighted by Crippen LogP contribution is -2.33. The van der Waals surface area contributed by atoms with Crippen LogP contribution >= 0.6 is 0 Å². The Bertz CT molecular complexity index is 806. The summed E-state index contributed by atoms with van der Waals surface area (Å²) in [5, 5.41) is 2.55. The van der Waals surface area contributed by atoms with Gasteiger partial charge in [-0.2, -0.15) is 0 Å². The Hall–Kier alpha value is -2.48. The molecule has 0 atom stereocenters. The van der Waals surface area contributed by atoms with Gasteiger partial charge in [-0.05, 0) is 48.5 Å². The van der Waals surface area contributed by atoms with Crippen molar-refractivity contribution in [1.82, 2.24) is 0 Å². The summed E-state index contributed by atoms with van der Waals surface area (Å²) in [5.41, 5.74) is 0.683. The maximum absolute atomic E-state index is 13.0. The Labute approximate surface area is 139 Å². The summed E-state index contributed by atoms with van der Waals surface area (Å²) in [6, 6.07) is 10.2. The molecule has 5 nitrogen and oxygen atoms in total. The highest BCUT2D eigenvalue weighted by Crippen LogP contribution is 2.18. The van der Waals surface area contributed by atoms with Gasteiger partial charge in [-0.1, -0.05) is 0 Å². The fourth-order valence-corrected chi connectivity index (χ4v) is 2.98. The number of carbonyl (C=O) groups excluding carboxylic acids is 1. The minimum atomic E-state index is -3.62. The maximum Gasteiger partial charge on any atom is 0.232 e. The van der Waals surface area contributed by atoms with E-state index < -0.39 is 27.6 Å². The minimum absolute atomic E-state index is 0.0997. The molecule has 0 unspecified atom stereocenters. The van der Waals surface area contributed by atoms with E-state index in [-0.39, 0.29) is 18.7 Å². The Morgan fingerprint density at radius 3 is 2.00 bits per heavy atom. The van der Waals surface area contributed by atoms with Crippen molar-refractivity contribution >= 4 is 27.3 Å². The van der Waals surface area contributed by atoms with Gasteiger partial charge < -0.3 is 5.32 Å². The van der Waals surface area contributed by atoms with E-state index in [0.29, 0.717) is 5.69 Å². The molecule has 0 aliphatic heterocycles. The second-order valence-corrected chi connectivity index (χ2v) is 7.02. The van der Waals surface area contributed by atoms with E-state index in [9.17, 15) is 22.0 Å². The van der Waals surface area contributed by atoms with Crippen LogP contribution in [0.25, 0.3) is 0 Å². The number of benzene rings is 2. The molecule has 1 amide bonds. The molecular formula is C16H16F2N2O3S. The number of rotatable bonds is 6. The molecule has 128 valence electrons. The van der Waals surface area contributed by atoms with Crippen molar-refractivity contribution in [1.29, 1.82) is 0 Å². The lowest BCUT2D eigenvalue weighted by Gasteiger charge is -2.22. The quantitative estimate of drug-likeness (QED) is 0.867. The summed E-state index contributed by atoms with van der Waals surface area (Å²) in [6.45, 7) is -0.0997. The summed E-state index contributed by atoms with van der Waals surface area (Å²) in [5.74, 6) is -1.33. The molecule has 0 aliphatic carbocycles. The highest BCUT2D eigenvalue weighted by atomic mass is 32.2. The SMILES string of the molecule is CS(=O)(=O)N(CCC(=O)Nc1ccc(F)cc1)c1ccc(F)cc1. The molecule has 0 saturated carbocycles. The van der Waals surface area contributed by atoms with Crippen molar-refractivity contribution in [2.75, 3.05) is 22.4 Å². The van der Waals surface area contributed by atoms with Gasteiger partial charge >= 0.3 is 0 Å². The molecule has 2 aromatic carbocycles. The summed E-state index contributed by atoms with van der Waals surface area (Å²) in [4.78, 5) is 11.9. The number of anilines is 2. The largest absolute Gasteiger partial charge is 0.326 e. The Morgan fingerprint density at radius 1 is 1.00 bits per heavy atom. The number of hydrogen-bond acceptors (Lipinski definition) is 3. The number of amides is 1. The number of sulfonamides is 1. The van der Waals surface area contributed by atoms with E-state index in [1.807, 2.05) is 0 Å². The third-order valence-corrected chi connectivity index (χ3v) is 4.38. The van der Waals surface area contributed by atoms with Crippen LogP contribution in [0.15, 0.2) is 48.5 Å². The molecule has 0 aliphatic rings. The smallest absolute Gasteiger partial charge is 0.232 e. The fraction of sp³-hybridized carbons (Fsp3) is 0.188. The van der Waals surface area contributed by atoms with Gasteiger partial charge in [0.15, 0.2) is 0 Å². The van der Waals surface area contributed by atoms with Gasteiger partial charge in [0.2, 0.25) is 15.9 Å². The summed E-state index contributed by atoms with van der Waals surface area (Å²) in [7, 11) is -3.62. The van der Waals surface area contributed by atoms with Gasteiger partial charge in [0.05, 0.1) is 11.9 Å². The van der Waals surface area contributed by atoms with Crippen molar-refractivity contribution in [3.05, 3.63) is 60.2 Å². The monoisotopic (exact) mass is 354 g/mol. The van der Waals surface area contributed by atoms with Crippen molar-refractivity contribution in [3.8, 4) is 0 Å². The Morgan fingerprint density at radius 2 is 1.50 bits per heavy atom. The van der Waals surface area contributed by atoms with Crippen LogP contribution in [0.4, 0.5) is 20.2 Å². The van der Waals surface area contributed by atoms with Crippen LogP contribution in [0.3, 0.4) is 0 Å². The number of halogens is 2. The molecular weight excluding hydrogens is 338 g/mol. The summed E-state index contributed by atoms with van der Waals surface area (Å²) < 4.78 is 50.6. The van der Waals surface area contributed by atoms with Crippen LogP contribution in [0, 0.1) is 11.6 Å². The van der Waals surface area contributed by atoms with Crippen LogP contribution in [0.2, 0.25) is 0 Å². The molecule has 0 spiro atoms. The zero-order valence-corrected chi connectivity index (χ0v) is 13.7. The molecule has 0 aromatic heterocycles. The molecule has 0 radical (unpaired) electrons. The van der Waals surface area contributed by atoms with Crippen molar-refractivity contribution < 1.29 is 22.0 Å². The third-order valence-electron chi connectivity index (χ3n) is 3.18. The average Bonchev–Trinajstić information content (AvgIpc) is 2.50. The highest BCUT2D eigenvalue weighted by Gasteiger charge is 2.18. The van der Waals surface area contributed by atoms with Gasteiger partial charge in [-0.15, -0.1) is 0 Å². The summed E-state index contributed by atoms with van der Waals surface area (Å²) in [6.07, 6.45) is 0.899. The second-order valence-electron chi connectivity index (χ2n) is 5.12. The van der Waals surface area contributed by atoms with Gasteiger partial charge in [0.25, 0.3) is 0 Å². The first kappa shape index (κ1) is 17.9. The van der Waals surface area contributed by atoms with Gasteiger partial charge in [-0.3, -0.25) is 9.10 Å². The van der Waals surface area contributed by atoms with Crippen LogP contribution < -0.4 is 9.62 Å². The van der Waals surface area contributed by atoms with E-state index in [0.717, 1.165) is 22.7 Å². The Balaban J connectivity index is 2.04. The fourth-order valence-electron chi connectivity index (χ4n) is 2.05. The molecule has 2 rings (SSSR count). The Kier molecular flexibility index (Phi) is 5.50. The van der Waals surface area contributed by atoms with Crippen molar-refractivity contribution in [3.63, 3.8) is 0 Å². The van der Waals surface area contributed by atoms with Crippen LogP contribution in [0.5, 0.6) is 0 Å². The molecule has 24 heavy (non-hydrogen) atoms. The lowest BCUT2D eigenvalue weighted by molar-refractivity contribution is -0.116. The zero-order chi connectivity index (χ0) is 17.7. The molecule has 1 N–H and O–H groups in total. The first-order valence-corrected chi connectivity index (χ1v) is 8.89. The van der Waals surface area contributed by atoms with Gasteiger partial charge in [-0.25, -0.2) is 17.2 Å². The lowest BCUT2D eigenvalue weighted by atomic mass is 10.3. The van der Waals surface area contributed by atoms with Crippen molar-refractivity contribution in [2.45, 2.75) is 6.42 Å². The van der Waals surface area contributed by atoms with E-state index in [1.54, 1.807) is 0 Å². The molecule has 0 heterocycles. The molecule has 0 saturated heterocycles. The zero-order valence-electron chi connectivity index (χ0n) is 12.9. The van der Waals surface area contributed by atoms with Crippen LogP contribution in [0.1, 0.15) is 6.42 Å². The van der Waals surface area contributed by atoms with Crippen LogP contribution in [-0.4, -0.2) is 27.1 Å². The van der Waals surface area contributed by atoms with Gasteiger partial charge in [0, 0.05) is 18.7 Å². The minimum Gasteiger partial charge on any atom is -0.326 e. The number of carbonyl (C=O) groups is 1. The third kappa shape index (κ3) is 5.02. The average molecular weight is 354 g/mol. The predicted octanol–water partition coefficient (Wildman–Crippen LogP) is 2.76. The topological polar surface area (TPSA) is 66.5 Å². The molecule has 8 heteroatoms. The number of hydrogen-bond donors (Lipinski definition) is 1. The first-order valence-electron chi connectivity index (χ1n) is 7.04. The van der Waals surface area contributed by atoms with E-state index in [2.05, 4.69) is 5.32 Å². The standard InChI is InChI=1S/C16H16F2N2O3S/c1-24(22,23)20(15-8-4-13(18)5-9-15)11-10-16(21)19-14-6-2-12(17)3-7-14/h2-9H,10-11H2,1H3,(H,19,21). The summed E-state index contributed by atoms with van der Waals surface area (Å²) >= 11 is 0.